The van der Waals surface area contributed by atoms with Crippen LogP contribution in [0.15, 0.2) is 22.7 Å². The molecule has 0 bridgehead atoms. The maximum atomic E-state index is 10.8. The van der Waals surface area contributed by atoms with Crippen LogP contribution in [0.5, 0.6) is 0 Å². The molecule has 21 heavy (non-hydrogen) atoms. The lowest BCUT2D eigenvalue weighted by atomic mass is 9.97. The Morgan fingerprint density at radius 2 is 2.14 bits per heavy atom. The van der Waals surface area contributed by atoms with E-state index in [0.29, 0.717) is 17.2 Å². The first-order valence-electron chi connectivity index (χ1n) is 7.13. The molecule has 0 atom stereocenters. The second kappa shape index (κ2) is 5.73. The molecule has 1 saturated heterocycles. The van der Waals surface area contributed by atoms with Gasteiger partial charge in [0.2, 0.25) is 0 Å². The number of carbonyl (C=O) groups is 1. The smallest absolute Gasteiger partial charge is 0.309 e. The number of hydrogen-bond donors (Lipinski definition) is 2. The first-order chi connectivity index (χ1) is 10.2. The van der Waals surface area contributed by atoms with E-state index in [-0.39, 0.29) is 13.0 Å². The van der Waals surface area contributed by atoms with Crippen molar-refractivity contribution in [3.05, 3.63) is 23.9 Å². The zero-order valence-corrected chi connectivity index (χ0v) is 11.7. The van der Waals surface area contributed by atoms with Crippen molar-refractivity contribution in [2.75, 3.05) is 24.6 Å². The summed E-state index contributed by atoms with van der Waals surface area (Å²) in [6, 6.07) is 5.76. The van der Waals surface area contributed by atoms with Crippen LogP contribution in [0.3, 0.4) is 0 Å². The minimum absolute atomic E-state index is 0.131. The number of anilines is 1. The van der Waals surface area contributed by atoms with Crippen molar-refractivity contribution in [3.63, 3.8) is 0 Å². The minimum atomic E-state index is -0.916. The van der Waals surface area contributed by atoms with Crippen molar-refractivity contribution in [2.24, 2.45) is 5.92 Å². The van der Waals surface area contributed by atoms with Crippen LogP contribution in [0.4, 0.5) is 5.69 Å². The van der Waals surface area contributed by atoms with Gasteiger partial charge in [0.15, 0.2) is 5.58 Å². The number of fused-ring (bicyclic) bond motifs is 1. The third-order valence-corrected chi connectivity index (χ3v) is 4.09. The molecule has 0 radical (unpaired) electrons. The van der Waals surface area contributed by atoms with Crippen molar-refractivity contribution >= 4 is 22.6 Å². The SMILES string of the molecule is O=C(O)Cc1noc2cc(N3CCC(CO)CC3)ccc12. The van der Waals surface area contributed by atoms with Gasteiger partial charge in [0.05, 0.1) is 6.42 Å². The summed E-state index contributed by atoms with van der Waals surface area (Å²) in [6.45, 7) is 2.08. The van der Waals surface area contributed by atoms with Crippen molar-refractivity contribution in [1.82, 2.24) is 5.16 Å². The van der Waals surface area contributed by atoms with E-state index >= 15 is 0 Å². The van der Waals surface area contributed by atoms with Crippen LogP contribution in [0, 0.1) is 5.92 Å². The highest BCUT2D eigenvalue weighted by atomic mass is 16.5. The largest absolute Gasteiger partial charge is 0.481 e. The summed E-state index contributed by atoms with van der Waals surface area (Å²) in [4.78, 5) is 13.0. The molecular weight excluding hydrogens is 272 g/mol. The van der Waals surface area contributed by atoms with E-state index in [1.54, 1.807) is 0 Å². The van der Waals surface area contributed by atoms with Gasteiger partial charge in [-0.15, -0.1) is 0 Å². The Hall–Kier alpha value is -2.08. The lowest BCUT2D eigenvalue weighted by molar-refractivity contribution is -0.136. The fraction of sp³-hybridized carbons (Fsp3) is 0.467. The normalized spacial score (nSPS) is 16.5. The topological polar surface area (TPSA) is 86.8 Å². The first kappa shape index (κ1) is 13.9. The van der Waals surface area contributed by atoms with Gasteiger partial charge in [-0.2, -0.15) is 0 Å². The van der Waals surface area contributed by atoms with Crippen molar-refractivity contribution in [1.29, 1.82) is 0 Å². The van der Waals surface area contributed by atoms with Gasteiger partial charge in [0.25, 0.3) is 0 Å². The Morgan fingerprint density at radius 1 is 1.38 bits per heavy atom. The predicted octanol–water partition coefficient (Wildman–Crippen LogP) is 1.66. The molecule has 2 heterocycles. The molecular formula is C15H18N2O4. The maximum absolute atomic E-state index is 10.8. The van der Waals surface area contributed by atoms with E-state index in [4.69, 9.17) is 9.63 Å². The van der Waals surface area contributed by atoms with Crippen molar-refractivity contribution < 1.29 is 19.5 Å². The molecule has 1 aromatic carbocycles. The molecule has 6 heteroatoms. The van der Waals surface area contributed by atoms with E-state index in [1.165, 1.54) is 0 Å². The van der Waals surface area contributed by atoms with Crippen molar-refractivity contribution in [3.8, 4) is 0 Å². The average molecular weight is 290 g/mol. The van der Waals surface area contributed by atoms with Crippen LogP contribution in [0.2, 0.25) is 0 Å². The molecule has 1 aliphatic heterocycles. The van der Waals surface area contributed by atoms with Crippen LogP contribution in [0.25, 0.3) is 11.0 Å². The number of rotatable bonds is 4. The molecule has 6 nitrogen and oxygen atoms in total. The molecule has 0 unspecified atom stereocenters. The van der Waals surface area contributed by atoms with Gasteiger partial charge in [0, 0.05) is 36.8 Å². The van der Waals surface area contributed by atoms with Crippen LogP contribution >= 0.6 is 0 Å². The molecule has 112 valence electrons. The molecule has 1 aliphatic rings. The van der Waals surface area contributed by atoms with Crippen molar-refractivity contribution in [2.45, 2.75) is 19.3 Å². The maximum Gasteiger partial charge on any atom is 0.309 e. The average Bonchev–Trinajstić information content (AvgIpc) is 2.89. The number of aromatic nitrogens is 1. The number of carboxylic acid groups (broad SMARTS) is 1. The van der Waals surface area contributed by atoms with Gasteiger partial charge >= 0.3 is 5.97 Å². The Kier molecular flexibility index (Phi) is 3.79. The number of aliphatic hydroxyl groups excluding tert-OH is 1. The summed E-state index contributed by atoms with van der Waals surface area (Å²) in [5, 5.41) is 22.6. The molecule has 0 spiro atoms. The zero-order valence-electron chi connectivity index (χ0n) is 11.7. The quantitative estimate of drug-likeness (QED) is 0.890. The summed E-state index contributed by atoms with van der Waals surface area (Å²) >= 11 is 0. The van der Waals surface area contributed by atoms with Crippen LogP contribution in [0.1, 0.15) is 18.5 Å². The minimum Gasteiger partial charge on any atom is -0.481 e. The Morgan fingerprint density at radius 3 is 2.81 bits per heavy atom. The van der Waals surface area contributed by atoms with Crippen LogP contribution in [-0.2, 0) is 11.2 Å². The van der Waals surface area contributed by atoms with E-state index in [0.717, 1.165) is 37.0 Å². The first-order valence-corrected chi connectivity index (χ1v) is 7.13. The number of hydrogen-bond acceptors (Lipinski definition) is 5. The zero-order chi connectivity index (χ0) is 14.8. The lowest BCUT2D eigenvalue weighted by Gasteiger charge is -2.32. The van der Waals surface area contributed by atoms with E-state index in [9.17, 15) is 9.90 Å². The molecule has 0 aliphatic carbocycles. The Bertz CT molecular complexity index is 644. The summed E-state index contributed by atoms with van der Waals surface area (Å²) in [6.07, 6.45) is 1.83. The van der Waals surface area contributed by atoms with Crippen LogP contribution < -0.4 is 4.90 Å². The highest BCUT2D eigenvalue weighted by molar-refractivity contribution is 5.86. The van der Waals surface area contributed by atoms with Crippen LogP contribution in [-0.4, -0.2) is 41.0 Å². The van der Waals surface area contributed by atoms with Gasteiger partial charge < -0.3 is 19.6 Å². The van der Waals surface area contributed by atoms with E-state index in [2.05, 4.69) is 10.1 Å². The highest BCUT2D eigenvalue weighted by Gasteiger charge is 2.20. The number of benzene rings is 1. The highest BCUT2D eigenvalue weighted by Crippen LogP contribution is 2.28. The summed E-state index contributed by atoms with van der Waals surface area (Å²) < 4.78 is 5.24. The van der Waals surface area contributed by atoms with E-state index < -0.39 is 5.97 Å². The third kappa shape index (κ3) is 2.85. The van der Waals surface area contributed by atoms with Gasteiger partial charge in [0.1, 0.15) is 5.69 Å². The van der Waals surface area contributed by atoms with Gasteiger partial charge in [-0.1, -0.05) is 5.16 Å². The molecule has 0 saturated carbocycles. The standard InChI is InChI=1S/C15H18N2O4/c18-9-10-3-5-17(6-4-10)11-1-2-12-13(8-15(19)20)16-21-14(12)7-11/h1-2,7,10,18H,3-6,8-9H2,(H,19,20). The second-order valence-electron chi connectivity index (χ2n) is 5.49. The number of aliphatic carboxylic acids is 1. The fourth-order valence-electron chi connectivity index (χ4n) is 2.82. The Balaban J connectivity index is 1.80. The fourth-order valence-corrected chi connectivity index (χ4v) is 2.82. The molecule has 1 fully saturated rings. The monoisotopic (exact) mass is 290 g/mol. The summed E-state index contributed by atoms with van der Waals surface area (Å²) in [5.74, 6) is -0.516. The van der Waals surface area contributed by atoms with Gasteiger partial charge in [-0.3, -0.25) is 4.79 Å². The third-order valence-electron chi connectivity index (χ3n) is 4.09. The number of nitrogens with zero attached hydrogens (tertiary/aromatic N) is 2. The molecule has 3 rings (SSSR count). The second-order valence-corrected chi connectivity index (χ2v) is 5.49. The number of piperidine rings is 1. The summed E-state index contributed by atoms with van der Waals surface area (Å²) in [7, 11) is 0. The molecule has 0 amide bonds. The summed E-state index contributed by atoms with van der Waals surface area (Å²) in [5.41, 5.74) is 2.13. The number of aliphatic hydroxyl groups is 1. The van der Waals surface area contributed by atoms with Gasteiger partial charge in [-0.05, 0) is 30.9 Å². The predicted molar refractivity (Wildman–Crippen MR) is 77.4 cm³/mol. The molecule has 2 aromatic rings. The van der Waals surface area contributed by atoms with Gasteiger partial charge in [-0.25, -0.2) is 0 Å². The van der Waals surface area contributed by atoms with E-state index in [1.807, 2.05) is 18.2 Å². The Labute approximate surface area is 122 Å². The molecule has 2 N–H and O–H groups in total. The lowest BCUT2D eigenvalue weighted by Crippen LogP contribution is -2.34. The molecule has 1 aromatic heterocycles. The number of carboxylic acids is 1.